The molecule has 0 aliphatic rings. The molecule has 0 spiro atoms. The molecule has 0 aromatic heterocycles. The van der Waals surface area contributed by atoms with Crippen LogP contribution in [0.5, 0.6) is 0 Å². The van der Waals surface area contributed by atoms with Gasteiger partial charge in [-0.25, -0.2) is 13.1 Å². The van der Waals surface area contributed by atoms with Crippen molar-refractivity contribution in [1.29, 1.82) is 0 Å². The highest BCUT2D eigenvalue weighted by Gasteiger charge is 2.19. The number of carbonyl (C=O) groups is 1. The molecule has 2 aromatic rings. The first-order valence-electron chi connectivity index (χ1n) is 5.78. The van der Waals surface area contributed by atoms with E-state index in [-0.39, 0.29) is 4.90 Å². The van der Waals surface area contributed by atoms with Crippen LogP contribution >= 0.6 is 22.6 Å². The number of hydrogen-bond donors (Lipinski definition) is 1. The molecule has 0 radical (unpaired) electrons. The summed E-state index contributed by atoms with van der Waals surface area (Å²) in [4.78, 5) is 12.1. The van der Waals surface area contributed by atoms with Crippen molar-refractivity contribution in [3.8, 4) is 0 Å². The van der Waals surface area contributed by atoms with Crippen molar-refractivity contribution in [1.82, 2.24) is 4.72 Å². The smallest absolute Gasteiger partial charge is 0.266 e. The van der Waals surface area contributed by atoms with Gasteiger partial charge in [-0.15, -0.1) is 0 Å². The molecule has 0 heterocycles. The highest BCUT2D eigenvalue weighted by Crippen LogP contribution is 2.14. The predicted octanol–water partition coefficient (Wildman–Crippen LogP) is 2.72. The maximum Gasteiger partial charge on any atom is 0.266 e. The molecule has 0 aliphatic heterocycles. The summed E-state index contributed by atoms with van der Waals surface area (Å²) in [5, 5.41) is 0. The fourth-order valence-corrected chi connectivity index (χ4v) is 3.20. The van der Waals surface area contributed by atoms with E-state index in [4.69, 9.17) is 0 Å². The Kier molecular flexibility index (Phi) is 4.44. The lowest BCUT2D eigenvalue weighted by molar-refractivity contribution is 0.0980. The zero-order chi connectivity index (χ0) is 14.8. The zero-order valence-electron chi connectivity index (χ0n) is 10.6. The number of halogens is 1. The van der Waals surface area contributed by atoms with Crippen LogP contribution < -0.4 is 4.72 Å². The molecule has 0 bridgehead atoms. The van der Waals surface area contributed by atoms with Crippen LogP contribution in [0.1, 0.15) is 15.9 Å². The highest BCUT2D eigenvalue weighted by atomic mass is 125. The van der Waals surface area contributed by atoms with Gasteiger partial charge in [0.05, 0.1) is 10.5 Å². The molecule has 0 unspecified atom stereocenters. The highest BCUT2D eigenvalue weighted by molar-refractivity contribution is 14.1. The van der Waals surface area contributed by atoms with E-state index in [2.05, 4.69) is 4.72 Å². The van der Waals surface area contributed by atoms with Gasteiger partial charge in [0.1, 0.15) is 0 Å². The Morgan fingerprint density at radius 1 is 1.05 bits per heavy atom. The van der Waals surface area contributed by atoms with Crippen molar-refractivity contribution in [3.63, 3.8) is 0 Å². The summed E-state index contributed by atoms with van der Waals surface area (Å²) < 4.78 is 27.0. The summed E-state index contributed by atoms with van der Waals surface area (Å²) >= 11 is 1.99. The Hall–Kier alpha value is -1.41. The molecule has 4 nitrogen and oxygen atoms in total. The van der Waals surface area contributed by atoms with Gasteiger partial charge in [-0.2, -0.15) is 0 Å². The molecule has 0 saturated heterocycles. The molecule has 1 amide bonds. The van der Waals surface area contributed by atoms with Gasteiger partial charge in [0.25, 0.3) is 15.9 Å². The van der Waals surface area contributed by atoms with Crippen LogP contribution in [0.15, 0.2) is 53.4 Å². The Morgan fingerprint density at radius 3 is 2.25 bits per heavy atom. The number of nitrogens with one attached hydrogen (secondary N) is 1. The number of sulfonamides is 1. The fraction of sp³-hybridized carbons (Fsp3) is 0.0714. The zero-order valence-corrected chi connectivity index (χ0v) is 13.6. The topological polar surface area (TPSA) is 63.2 Å². The molecule has 1 N–H and O–H groups in total. The minimum atomic E-state index is -3.84. The first-order chi connectivity index (χ1) is 9.40. The molecule has 2 aromatic carbocycles. The standard InChI is InChI=1S/C14H12INO3S/c1-10-6-8-11(9-7-10)20(18,19)16-14(17)12-4-2-3-5-13(12)15/h2-9H,1H3,(H,16,17)/i15-2. The molecule has 0 atom stereocenters. The average Bonchev–Trinajstić information content (AvgIpc) is 2.39. The maximum absolute atomic E-state index is 12.1. The predicted molar refractivity (Wildman–Crippen MR) is 85.0 cm³/mol. The number of aryl methyl sites for hydroxylation is 1. The van der Waals surface area contributed by atoms with Crippen LogP contribution in [-0.4, -0.2) is 14.3 Å². The van der Waals surface area contributed by atoms with Crippen LogP contribution in [0.25, 0.3) is 0 Å². The Morgan fingerprint density at radius 2 is 1.65 bits per heavy atom. The molecule has 20 heavy (non-hydrogen) atoms. The normalized spacial score (nSPS) is 11.1. The van der Waals surface area contributed by atoms with E-state index in [1.54, 1.807) is 36.4 Å². The van der Waals surface area contributed by atoms with Gasteiger partial charge in [-0.3, -0.25) is 4.79 Å². The third-order valence-electron chi connectivity index (χ3n) is 2.68. The second-order valence-electron chi connectivity index (χ2n) is 4.23. The van der Waals surface area contributed by atoms with Gasteiger partial charge in [0.15, 0.2) is 0 Å². The van der Waals surface area contributed by atoms with Crippen LogP contribution in [0.2, 0.25) is 0 Å². The SMILES string of the molecule is Cc1ccc(S(=O)(=O)NC(=O)c2ccccc2[125I])cc1. The van der Waals surface area contributed by atoms with Crippen molar-refractivity contribution in [2.24, 2.45) is 0 Å². The van der Waals surface area contributed by atoms with E-state index < -0.39 is 15.9 Å². The Labute approximate surface area is 131 Å². The molecule has 104 valence electrons. The molecule has 2 rings (SSSR count). The number of carbonyl (C=O) groups excluding carboxylic acids is 1. The molecular weight excluding hydrogens is 387 g/mol. The molecule has 0 fully saturated rings. The lowest BCUT2D eigenvalue weighted by Gasteiger charge is -2.08. The first kappa shape index (κ1) is 15.0. The van der Waals surface area contributed by atoms with Gasteiger partial charge in [-0.1, -0.05) is 29.8 Å². The number of hydrogen-bond acceptors (Lipinski definition) is 3. The summed E-state index contributed by atoms with van der Waals surface area (Å²) in [6.45, 7) is 1.86. The number of benzene rings is 2. The first-order valence-corrected chi connectivity index (χ1v) is 8.35. The van der Waals surface area contributed by atoms with Crippen molar-refractivity contribution >= 4 is 38.5 Å². The van der Waals surface area contributed by atoms with Gasteiger partial charge < -0.3 is 0 Å². The van der Waals surface area contributed by atoms with E-state index in [0.717, 1.165) is 5.56 Å². The second kappa shape index (κ2) is 5.92. The minimum Gasteiger partial charge on any atom is -0.268 e. The minimum absolute atomic E-state index is 0.0717. The van der Waals surface area contributed by atoms with E-state index >= 15 is 0 Å². The summed E-state index contributed by atoms with van der Waals surface area (Å²) in [5.74, 6) is -0.629. The molecular formula is C14H12INO3S. The summed E-state index contributed by atoms with van der Waals surface area (Å²) in [6, 6.07) is 13.1. The number of amides is 1. The van der Waals surface area contributed by atoms with Crippen molar-refractivity contribution in [3.05, 3.63) is 63.2 Å². The third kappa shape index (κ3) is 3.37. The Bertz CT molecular complexity index is 739. The van der Waals surface area contributed by atoms with Crippen LogP contribution in [-0.2, 0) is 10.0 Å². The van der Waals surface area contributed by atoms with Crippen LogP contribution in [0, 0.1) is 10.5 Å². The van der Waals surface area contributed by atoms with Crippen molar-refractivity contribution in [2.75, 3.05) is 0 Å². The third-order valence-corrected chi connectivity index (χ3v) is 4.96. The van der Waals surface area contributed by atoms with Gasteiger partial charge in [-0.05, 0) is 53.8 Å². The quantitative estimate of drug-likeness (QED) is 0.808. The molecule has 0 saturated carbocycles. The Balaban J connectivity index is 2.27. The van der Waals surface area contributed by atoms with Crippen LogP contribution in [0.4, 0.5) is 0 Å². The van der Waals surface area contributed by atoms with Gasteiger partial charge >= 0.3 is 0 Å². The van der Waals surface area contributed by atoms with Gasteiger partial charge in [0, 0.05) is 3.57 Å². The maximum atomic E-state index is 12.1. The lowest BCUT2D eigenvalue weighted by atomic mass is 10.2. The van der Waals surface area contributed by atoms with Crippen molar-refractivity contribution in [2.45, 2.75) is 11.8 Å². The van der Waals surface area contributed by atoms with E-state index in [1.165, 1.54) is 12.1 Å². The van der Waals surface area contributed by atoms with Crippen LogP contribution in [0.3, 0.4) is 0 Å². The second-order valence-corrected chi connectivity index (χ2v) is 7.07. The summed E-state index contributed by atoms with van der Waals surface area (Å²) in [6.07, 6.45) is 0. The van der Waals surface area contributed by atoms with E-state index in [0.29, 0.717) is 9.13 Å². The summed E-state index contributed by atoms with van der Waals surface area (Å²) in [7, 11) is -3.84. The van der Waals surface area contributed by atoms with Crippen molar-refractivity contribution < 1.29 is 13.2 Å². The van der Waals surface area contributed by atoms with E-state index in [1.807, 2.05) is 29.5 Å². The lowest BCUT2D eigenvalue weighted by Crippen LogP contribution is -2.31. The largest absolute Gasteiger partial charge is 0.268 e. The monoisotopic (exact) mass is 399 g/mol. The average molecular weight is 399 g/mol. The van der Waals surface area contributed by atoms with E-state index in [9.17, 15) is 13.2 Å². The fourth-order valence-electron chi connectivity index (χ4n) is 1.60. The number of rotatable bonds is 3. The molecule has 6 heteroatoms. The van der Waals surface area contributed by atoms with Gasteiger partial charge in [0.2, 0.25) is 0 Å². The molecule has 0 aliphatic carbocycles. The summed E-state index contributed by atoms with van der Waals surface area (Å²) in [5.41, 5.74) is 1.29.